The maximum Gasteiger partial charge on any atom is 0.0376 e. The Bertz CT molecular complexity index is 412. The molecule has 1 aromatic carbocycles. The van der Waals surface area contributed by atoms with Gasteiger partial charge in [-0.25, -0.2) is 0 Å². The van der Waals surface area contributed by atoms with E-state index in [1.807, 2.05) is 0 Å². The van der Waals surface area contributed by atoms with Crippen molar-refractivity contribution in [2.24, 2.45) is 0 Å². The van der Waals surface area contributed by atoms with Crippen LogP contribution >= 0.6 is 0 Å². The van der Waals surface area contributed by atoms with E-state index in [0.29, 0.717) is 0 Å². The summed E-state index contributed by atoms with van der Waals surface area (Å²) in [6.45, 7) is 7.25. The third-order valence-electron chi connectivity index (χ3n) is 4.39. The maximum absolute atomic E-state index is 3.50. The van der Waals surface area contributed by atoms with Crippen molar-refractivity contribution in [3.8, 4) is 0 Å². The van der Waals surface area contributed by atoms with Crippen LogP contribution in [-0.2, 0) is 6.42 Å². The van der Waals surface area contributed by atoms with E-state index < -0.39 is 0 Å². The van der Waals surface area contributed by atoms with Gasteiger partial charge in [-0.05, 0) is 61.9 Å². The van der Waals surface area contributed by atoms with E-state index in [-0.39, 0.29) is 0 Å². The zero-order valence-electron chi connectivity index (χ0n) is 11.4. The number of piperidine rings is 1. The first kappa shape index (κ1) is 12.0. The molecule has 2 aliphatic rings. The van der Waals surface area contributed by atoms with Crippen molar-refractivity contribution in [1.82, 2.24) is 4.90 Å². The predicted molar refractivity (Wildman–Crippen MR) is 77.3 cm³/mol. The highest BCUT2D eigenvalue weighted by molar-refractivity contribution is 5.59. The lowest BCUT2D eigenvalue weighted by Gasteiger charge is -2.33. The molecule has 18 heavy (non-hydrogen) atoms. The van der Waals surface area contributed by atoms with Crippen molar-refractivity contribution < 1.29 is 0 Å². The van der Waals surface area contributed by atoms with Crippen LogP contribution in [0.25, 0.3) is 0 Å². The molecule has 0 bridgehead atoms. The lowest BCUT2D eigenvalue weighted by molar-refractivity contribution is 0.208. The smallest absolute Gasteiger partial charge is 0.0376 e. The van der Waals surface area contributed by atoms with Crippen LogP contribution in [-0.4, -0.2) is 31.1 Å². The molecule has 1 atom stereocenters. The predicted octanol–water partition coefficient (Wildman–Crippen LogP) is 3.24. The Labute approximate surface area is 110 Å². The fourth-order valence-electron chi connectivity index (χ4n) is 3.58. The lowest BCUT2D eigenvalue weighted by Crippen LogP contribution is -2.35. The molecular weight excluding hydrogens is 220 g/mol. The number of fused-ring (bicyclic) bond motifs is 1. The molecule has 2 nitrogen and oxygen atoms in total. The summed E-state index contributed by atoms with van der Waals surface area (Å²) in [6, 6.07) is 6.83. The van der Waals surface area contributed by atoms with Crippen LogP contribution in [0, 0.1) is 0 Å². The van der Waals surface area contributed by atoms with Crippen LogP contribution in [0.3, 0.4) is 0 Å². The van der Waals surface area contributed by atoms with Gasteiger partial charge >= 0.3 is 0 Å². The fraction of sp³-hybridized carbons (Fsp3) is 0.625. The van der Waals surface area contributed by atoms with Gasteiger partial charge in [-0.2, -0.15) is 0 Å². The number of hydrogen-bond donors (Lipinski definition) is 1. The molecule has 98 valence electrons. The van der Waals surface area contributed by atoms with E-state index in [2.05, 4.69) is 35.3 Å². The third-order valence-corrected chi connectivity index (χ3v) is 4.39. The second kappa shape index (κ2) is 5.31. The van der Waals surface area contributed by atoms with E-state index in [0.717, 1.165) is 12.5 Å². The van der Waals surface area contributed by atoms with Gasteiger partial charge in [0.05, 0.1) is 0 Å². The summed E-state index contributed by atoms with van der Waals surface area (Å²) in [6.07, 6.45) is 5.23. The Morgan fingerprint density at radius 2 is 2.33 bits per heavy atom. The normalized spacial score (nSPS) is 23.7. The molecule has 0 radical (unpaired) electrons. The Kier molecular flexibility index (Phi) is 3.55. The number of rotatable bonds is 3. The third kappa shape index (κ3) is 2.26. The Balaban J connectivity index is 1.80. The highest BCUT2D eigenvalue weighted by atomic mass is 15.1. The molecule has 3 rings (SSSR count). The molecule has 1 aromatic rings. The summed E-state index contributed by atoms with van der Waals surface area (Å²) >= 11 is 0. The molecule has 2 heteroatoms. The number of likely N-dealkylation sites (tertiary alicyclic amines) is 1. The average Bonchev–Trinajstić information content (AvgIpc) is 2.87. The molecule has 2 heterocycles. The van der Waals surface area contributed by atoms with Crippen molar-refractivity contribution >= 4 is 5.69 Å². The van der Waals surface area contributed by atoms with Crippen molar-refractivity contribution in [2.45, 2.75) is 38.5 Å². The van der Waals surface area contributed by atoms with Crippen LogP contribution in [0.1, 0.15) is 43.2 Å². The molecule has 0 aromatic heterocycles. The number of anilines is 1. The molecular formula is C16H24N2. The first-order valence-electron chi connectivity index (χ1n) is 7.46. The Hall–Kier alpha value is -1.02. The van der Waals surface area contributed by atoms with Crippen LogP contribution in [0.5, 0.6) is 0 Å². The summed E-state index contributed by atoms with van der Waals surface area (Å²) in [5.41, 5.74) is 4.61. The Morgan fingerprint density at radius 1 is 1.39 bits per heavy atom. The van der Waals surface area contributed by atoms with Gasteiger partial charge in [-0.3, -0.25) is 0 Å². The van der Waals surface area contributed by atoms with Gasteiger partial charge in [0.1, 0.15) is 0 Å². The highest BCUT2D eigenvalue weighted by Gasteiger charge is 2.24. The van der Waals surface area contributed by atoms with Gasteiger partial charge in [0, 0.05) is 18.8 Å². The van der Waals surface area contributed by atoms with Crippen LogP contribution in [0.2, 0.25) is 0 Å². The number of nitrogens with zero attached hydrogens (tertiary/aromatic N) is 1. The van der Waals surface area contributed by atoms with Crippen molar-refractivity contribution in [3.05, 3.63) is 29.3 Å². The zero-order chi connectivity index (χ0) is 12.4. The maximum atomic E-state index is 3.50. The van der Waals surface area contributed by atoms with Gasteiger partial charge in [0.2, 0.25) is 0 Å². The molecule has 1 fully saturated rings. The second-order valence-electron chi connectivity index (χ2n) is 5.69. The monoisotopic (exact) mass is 244 g/mol. The standard InChI is InChI=1S/C16H24N2/c1-2-10-18-11-4-5-13(12-18)14-6-3-7-16-15(14)8-9-17-16/h3,6-7,13,17H,2,4-5,8-12H2,1H3/t13-/m0/s1. The summed E-state index contributed by atoms with van der Waals surface area (Å²) < 4.78 is 0. The lowest BCUT2D eigenvalue weighted by atomic mass is 9.86. The molecule has 1 N–H and O–H groups in total. The topological polar surface area (TPSA) is 15.3 Å². The SMILES string of the molecule is CCCN1CCC[C@H](c2cccc3c2CCN3)C1. The van der Waals surface area contributed by atoms with E-state index in [1.165, 1.54) is 51.0 Å². The summed E-state index contributed by atoms with van der Waals surface area (Å²) in [5.74, 6) is 0.764. The molecule has 0 amide bonds. The van der Waals surface area contributed by atoms with Crippen molar-refractivity contribution in [1.29, 1.82) is 0 Å². The second-order valence-corrected chi connectivity index (χ2v) is 5.69. The van der Waals surface area contributed by atoms with Gasteiger partial charge in [0.15, 0.2) is 0 Å². The molecule has 2 aliphatic heterocycles. The van der Waals surface area contributed by atoms with E-state index in [1.54, 1.807) is 11.1 Å². The minimum absolute atomic E-state index is 0.764. The number of benzene rings is 1. The van der Waals surface area contributed by atoms with Crippen molar-refractivity contribution in [2.75, 3.05) is 31.5 Å². The Morgan fingerprint density at radius 3 is 3.22 bits per heavy atom. The van der Waals surface area contributed by atoms with Gasteiger partial charge in [-0.15, -0.1) is 0 Å². The summed E-state index contributed by atoms with van der Waals surface area (Å²) in [7, 11) is 0. The van der Waals surface area contributed by atoms with Crippen LogP contribution < -0.4 is 5.32 Å². The minimum atomic E-state index is 0.764. The largest absolute Gasteiger partial charge is 0.384 e. The first-order chi connectivity index (χ1) is 8.88. The first-order valence-corrected chi connectivity index (χ1v) is 7.46. The summed E-state index contributed by atoms with van der Waals surface area (Å²) in [4.78, 5) is 2.65. The van der Waals surface area contributed by atoms with Gasteiger partial charge < -0.3 is 10.2 Å². The zero-order valence-corrected chi connectivity index (χ0v) is 11.4. The van der Waals surface area contributed by atoms with Gasteiger partial charge in [-0.1, -0.05) is 19.1 Å². The molecule has 0 unspecified atom stereocenters. The molecule has 0 spiro atoms. The highest BCUT2D eigenvalue weighted by Crippen LogP contribution is 2.34. The van der Waals surface area contributed by atoms with Crippen molar-refractivity contribution in [3.63, 3.8) is 0 Å². The van der Waals surface area contributed by atoms with Crippen LogP contribution in [0.4, 0.5) is 5.69 Å². The quantitative estimate of drug-likeness (QED) is 0.878. The van der Waals surface area contributed by atoms with Gasteiger partial charge in [0.25, 0.3) is 0 Å². The average molecular weight is 244 g/mol. The molecule has 0 aliphatic carbocycles. The van der Waals surface area contributed by atoms with E-state index in [9.17, 15) is 0 Å². The molecule has 1 saturated heterocycles. The van der Waals surface area contributed by atoms with Crippen LogP contribution in [0.15, 0.2) is 18.2 Å². The molecule has 0 saturated carbocycles. The number of hydrogen-bond acceptors (Lipinski definition) is 2. The van der Waals surface area contributed by atoms with E-state index >= 15 is 0 Å². The van der Waals surface area contributed by atoms with E-state index in [4.69, 9.17) is 0 Å². The minimum Gasteiger partial charge on any atom is -0.384 e. The number of nitrogens with one attached hydrogen (secondary N) is 1. The summed E-state index contributed by atoms with van der Waals surface area (Å²) in [5, 5.41) is 3.50. The fourth-order valence-corrected chi connectivity index (χ4v) is 3.58.